The molecule has 0 aliphatic heterocycles. The minimum absolute atomic E-state index is 0. The second kappa shape index (κ2) is 22.5. The quantitative estimate of drug-likeness (QED) is 0.562. The van der Waals surface area contributed by atoms with Gasteiger partial charge in [0, 0.05) is 32.7 Å². The molecular formula is C8H19NY-2. The van der Waals surface area contributed by atoms with Gasteiger partial charge in [-0.3, -0.25) is 0 Å². The Kier molecular flexibility index (Phi) is 38.7. The molecule has 0 bridgehead atoms. The summed E-state index contributed by atoms with van der Waals surface area (Å²) < 4.78 is 0. The molecule has 0 saturated heterocycles. The molecule has 0 aliphatic carbocycles. The maximum atomic E-state index is 3.65. The number of nitrogens with one attached hydrogen (secondary N) is 1. The third-order valence-corrected chi connectivity index (χ3v) is 0.884. The first-order valence-corrected chi connectivity index (χ1v) is 3.62. The second-order valence-electron chi connectivity index (χ2n) is 1.60. The van der Waals surface area contributed by atoms with Crippen LogP contribution in [0.15, 0.2) is 0 Å². The van der Waals surface area contributed by atoms with E-state index in [1.54, 1.807) is 6.92 Å². The molecule has 0 rings (SSSR count). The van der Waals surface area contributed by atoms with Crippen molar-refractivity contribution >= 4 is 0 Å². The molecule has 0 aromatic heterocycles. The van der Waals surface area contributed by atoms with Crippen LogP contribution in [0.3, 0.4) is 0 Å². The Bertz CT molecular complexity index is 28.4. The van der Waals surface area contributed by atoms with Gasteiger partial charge in [0.1, 0.15) is 0 Å². The number of rotatable bonds is 4. The summed E-state index contributed by atoms with van der Waals surface area (Å²) in [5.74, 6) is 0. The van der Waals surface area contributed by atoms with Crippen molar-refractivity contribution in [2.24, 2.45) is 0 Å². The molecule has 0 spiro atoms. The van der Waals surface area contributed by atoms with Crippen LogP contribution in [-0.2, 0) is 32.7 Å². The van der Waals surface area contributed by atoms with Gasteiger partial charge in [-0.05, 0) is 13.0 Å². The van der Waals surface area contributed by atoms with Crippen molar-refractivity contribution in [2.45, 2.75) is 26.7 Å². The van der Waals surface area contributed by atoms with E-state index in [0.29, 0.717) is 0 Å². The summed E-state index contributed by atoms with van der Waals surface area (Å²) in [6.07, 6.45) is 2.54. The summed E-state index contributed by atoms with van der Waals surface area (Å²) in [6, 6.07) is 0. The number of hydrogen-bond acceptors (Lipinski definition) is 1. The van der Waals surface area contributed by atoms with Crippen LogP contribution in [0.2, 0.25) is 0 Å². The van der Waals surface area contributed by atoms with E-state index in [4.69, 9.17) is 0 Å². The SMILES string of the molecule is [CH2-]C.[CH2-]CNCCCC.[Y]. The topological polar surface area (TPSA) is 12.0 Å². The van der Waals surface area contributed by atoms with Crippen molar-refractivity contribution in [1.82, 2.24) is 5.32 Å². The van der Waals surface area contributed by atoms with E-state index in [9.17, 15) is 0 Å². The molecule has 0 fully saturated rings. The molecule has 0 atom stereocenters. The van der Waals surface area contributed by atoms with Crippen molar-refractivity contribution in [3.8, 4) is 0 Å². The standard InChI is InChI=1S/C6H14N.C2H5.Y/c1-3-5-6-7-4-2;1-2;/h7H,2-6H2,1H3;1H2,2H3;/q2*-1;. The summed E-state index contributed by atoms with van der Waals surface area (Å²) in [7, 11) is 0. The normalized spacial score (nSPS) is 7.20. The third kappa shape index (κ3) is 23.0. The summed E-state index contributed by atoms with van der Waals surface area (Å²) in [5, 5.41) is 3.14. The fourth-order valence-corrected chi connectivity index (χ4v) is 0.427. The minimum Gasteiger partial charge on any atom is -0.346 e. The van der Waals surface area contributed by atoms with Crippen LogP contribution >= 0.6 is 0 Å². The zero-order chi connectivity index (χ0) is 7.54. The van der Waals surface area contributed by atoms with Gasteiger partial charge in [0.15, 0.2) is 0 Å². The van der Waals surface area contributed by atoms with Gasteiger partial charge in [0.2, 0.25) is 0 Å². The molecular weight excluding hydrogens is 199 g/mol. The van der Waals surface area contributed by atoms with Gasteiger partial charge in [-0.2, -0.15) is 6.92 Å². The van der Waals surface area contributed by atoms with E-state index in [1.165, 1.54) is 12.8 Å². The molecule has 61 valence electrons. The smallest absolute Gasteiger partial charge is 0 e. The summed E-state index contributed by atoms with van der Waals surface area (Å²) in [5.41, 5.74) is 0. The van der Waals surface area contributed by atoms with Gasteiger partial charge >= 0.3 is 0 Å². The van der Waals surface area contributed by atoms with E-state index in [2.05, 4.69) is 26.1 Å². The predicted molar refractivity (Wildman–Crippen MR) is 44.2 cm³/mol. The van der Waals surface area contributed by atoms with E-state index in [1.807, 2.05) is 0 Å². The molecule has 0 aromatic carbocycles. The van der Waals surface area contributed by atoms with Gasteiger partial charge < -0.3 is 19.2 Å². The maximum absolute atomic E-state index is 3.65. The Balaban J connectivity index is -0.000000149. The first-order valence-electron chi connectivity index (χ1n) is 3.62. The molecule has 0 unspecified atom stereocenters. The van der Waals surface area contributed by atoms with E-state index < -0.39 is 0 Å². The molecule has 0 saturated carbocycles. The summed E-state index contributed by atoms with van der Waals surface area (Å²) in [6.45, 7) is 12.8. The Hall–Kier alpha value is 1.06. The molecule has 0 heterocycles. The third-order valence-electron chi connectivity index (χ3n) is 0.884. The van der Waals surface area contributed by atoms with Crippen molar-refractivity contribution in [3.05, 3.63) is 13.8 Å². The molecule has 1 radical (unpaired) electrons. The van der Waals surface area contributed by atoms with Crippen LogP contribution in [-0.4, -0.2) is 13.1 Å². The van der Waals surface area contributed by atoms with Gasteiger partial charge in [-0.25, -0.2) is 0 Å². The van der Waals surface area contributed by atoms with E-state index in [-0.39, 0.29) is 32.7 Å². The van der Waals surface area contributed by atoms with Crippen LogP contribution in [0.1, 0.15) is 26.7 Å². The molecule has 0 aliphatic rings. The average molecular weight is 218 g/mol. The van der Waals surface area contributed by atoms with Crippen molar-refractivity contribution in [1.29, 1.82) is 0 Å². The van der Waals surface area contributed by atoms with Gasteiger partial charge in [-0.1, -0.05) is 13.3 Å². The molecule has 1 N–H and O–H groups in total. The van der Waals surface area contributed by atoms with Gasteiger partial charge in [-0.15, -0.1) is 6.54 Å². The van der Waals surface area contributed by atoms with Crippen LogP contribution in [0.4, 0.5) is 0 Å². The molecule has 1 nitrogen and oxygen atoms in total. The largest absolute Gasteiger partial charge is 0.346 e. The molecule has 10 heavy (non-hydrogen) atoms. The predicted octanol–water partition coefficient (Wildman–Crippen LogP) is 2.05. The zero-order valence-corrected chi connectivity index (χ0v) is 10.2. The Morgan fingerprint density at radius 2 is 1.80 bits per heavy atom. The Labute approximate surface area is 91.2 Å². The van der Waals surface area contributed by atoms with Crippen LogP contribution in [0, 0.1) is 13.8 Å². The molecule has 2 heteroatoms. The first kappa shape index (κ1) is 17.2. The number of hydrogen-bond donors (Lipinski definition) is 1. The second-order valence-corrected chi connectivity index (χ2v) is 1.60. The van der Waals surface area contributed by atoms with Crippen molar-refractivity contribution < 1.29 is 32.7 Å². The van der Waals surface area contributed by atoms with Crippen LogP contribution < -0.4 is 5.32 Å². The minimum atomic E-state index is 0. The maximum Gasteiger partial charge on any atom is 0 e. The van der Waals surface area contributed by atoms with Crippen molar-refractivity contribution in [2.75, 3.05) is 13.1 Å². The number of unbranched alkanes of at least 4 members (excludes halogenated alkanes) is 1. The zero-order valence-electron chi connectivity index (χ0n) is 7.32. The monoisotopic (exact) mass is 218 g/mol. The van der Waals surface area contributed by atoms with E-state index in [0.717, 1.165) is 13.1 Å². The van der Waals surface area contributed by atoms with Gasteiger partial charge in [0.25, 0.3) is 0 Å². The average Bonchev–Trinajstić information content (AvgIpc) is 1.94. The van der Waals surface area contributed by atoms with Crippen LogP contribution in [0.5, 0.6) is 0 Å². The molecule has 0 amide bonds. The Morgan fingerprint density at radius 1 is 1.30 bits per heavy atom. The fraction of sp³-hybridized carbons (Fsp3) is 0.750. The van der Waals surface area contributed by atoms with E-state index >= 15 is 0 Å². The fourth-order valence-electron chi connectivity index (χ4n) is 0.427. The van der Waals surface area contributed by atoms with Crippen LogP contribution in [0.25, 0.3) is 0 Å². The first-order chi connectivity index (χ1) is 4.41. The van der Waals surface area contributed by atoms with Crippen molar-refractivity contribution in [3.63, 3.8) is 0 Å². The Morgan fingerprint density at radius 3 is 2.10 bits per heavy atom. The summed E-state index contributed by atoms with van der Waals surface area (Å²) >= 11 is 0. The molecule has 0 aromatic rings. The van der Waals surface area contributed by atoms with Gasteiger partial charge in [0.05, 0.1) is 0 Å². The summed E-state index contributed by atoms with van der Waals surface area (Å²) in [4.78, 5) is 0.